The van der Waals surface area contributed by atoms with Gasteiger partial charge in [-0.1, -0.05) is 33.3 Å². The van der Waals surface area contributed by atoms with E-state index in [9.17, 15) is 0 Å². The van der Waals surface area contributed by atoms with Gasteiger partial charge in [0.2, 0.25) is 0 Å². The van der Waals surface area contributed by atoms with Crippen LogP contribution in [-0.2, 0) is 4.74 Å². The van der Waals surface area contributed by atoms with E-state index in [2.05, 4.69) is 27.4 Å². The maximum Gasteiger partial charge on any atom is 0.190 e. The van der Waals surface area contributed by atoms with Crippen molar-refractivity contribution in [3.8, 4) is 0 Å². The average Bonchev–Trinajstić information content (AvgIpc) is 2.57. The fraction of sp³-hybridized carbons (Fsp3) is 0.786. The Labute approximate surface area is 98.8 Å². The molecule has 0 aromatic heterocycles. The van der Waals surface area contributed by atoms with Crippen molar-refractivity contribution in [3.63, 3.8) is 0 Å². The van der Waals surface area contributed by atoms with Crippen LogP contribution >= 0.6 is 0 Å². The molecule has 0 radical (unpaired) electrons. The van der Waals surface area contributed by atoms with Crippen LogP contribution < -0.4 is 0 Å². The van der Waals surface area contributed by atoms with E-state index in [0.717, 1.165) is 18.7 Å². The summed E-state index contributed by atoms with van der Waals surface area (Å²) >= 11 is 0. The van der Waals surface area contributed by atoms with E-state index in [4.69, 9.17) is 9.73 Å². The van der Waals surface area contributed by atoms with Crippen LogP contribution in [0.25, 0.3) is 0 Å². The SMILES string of the molecule is C=CC1N=C(C(C)(C)C)OC12CCCCC2. The van der Waals surface area contributed by atoms with Crippen molar-refractivity contribution in [2.75, 3.05) is 0 Å². The summed E-state index contributed by atoms with van der Waals surface area (Å²) in [4.78, 5) is 4.73. The summed E-state index contributed by atoms with van der Waals surface area (Å²) in [7, 11) is 0. The van der Waals surface area contributed by atoms with Gasteiger partial charge in [-0.25, -0.2) is 4.99 Å². The lowest BCUT2D eigenvalue weighted by molar-refractivity contribution is 0.0212. The Morgan fingerprint density at radius 2 is 1.94 bits per heavy atom. The molecule has 0 amide bonds. The van der Waals surface area contributed by atoms with Gasteiger partial charge in [-0.05, 0) is 25.7 Å². The van der Waals surface area contributed by atoms with E-state index >= 15 is 0 Å². The minimum Gasteiger partial charge on any atom is -0.471 e. The molecule has 1 unspecified atom stereocenters. The minimum atomic E-state index is -0.0530. The maximum absolute atomic E-state index is 6.24. The first-order chi connectivity index (χ1) is 7.48. The van der Waals surface area contributed by atoms with E-state index < -0.39 is 0 Å². The van der Waals surface area contributed by atoms with Gasteiger partial charge in [0.15, 0.2) is 5.90 Å². The highest BCUT2D eigenvalue weighted by molar-refractivity contribution is 5.84. The van der Waals surface area contributed by atoms with Crippen molar-refractivity contribution < 1.29 is 4.74 Å². The van der Waals surface area contributed by atoms with Gasteiger partial charge in [-0.15, -0.1) is 6.58 Å². The highest BCUT2D eigenvalue weighted by Gasteiger charge is 2.47. The van der Waals surface area contributed by atoms with Gasteiger partial charge in [0.05, 0.1) is 0 Å². The molecule has 1 heterocycles. The van der Waals surface area contributed by atoms with Crippen LogP contribution in [-0.4, -0.2) is 17.5 Å². The first kappa shape index (κ1) is 11.7. The van der Waals surface area contributed by atoms with Crippen molar-refractivity contribution in [1.82, 2.24) is 0 Å². The van der Waals surface area contributed by atoms with Crippen LogP contribution in [0.1, 0.15) is 52.9 Å². The van der Waals surface area contributed by atoms with E-state index in [1.807, 2.05) is 6.08 Å². The Bertz CT molecular complexity index is 305. The van der Waals surface area contributed by atoms with E-state index in [-0.39, 0.29) is 17.1 Å². The van der Waals surface area contributed by atoms with Crippen LogP contribution in [0.4, 0.5) is 0 Å². The molecule has 1 fully saturated rings. The number of hydrogen-bond donors (Lipinski definition) is 0. The Balaban J connectivity index is 2.22. The molecule has 2 rings (SSSR count). The normalized spacial score (nSPS) is 28.7. The molecule has 1 aliphatic heterocycles. The number of hydrogen-bond acceptors (Lipinski definition) is 2. The zero-order chi connectivity index (χ0) is 11.8. The lowest BCUT2D eigenvalue weighted by Crippen LogP contribution is -2.42. The second-order valence-electron chi connectivity index (χ2n) is 6.09. The van der Waals surface area contributed by atoms with Crippen LogP contribution in [0.5, 0.6) is 0 Å². The van der Waals surface area contributed by atoms with Crippen LogP contribution in [0.2, 0.25) is 0 Å². The monoisotopic (exact) mass is 221 g/mol. The summed E-state index contributed by atoms with van der Waals surface area (Å²) < 4.78 is 6.24. The van der Waals surface area contributed by atoms with Crippen molar-refractivity contribution >= 4 is 5.90 Å². The number of aliphatic imine (C=N–C) groups is 1. The van der Waals surface area contributed by atoms with Crippen LogP contribution in [0, 0.1) is 5.41 Å². The van der Waals surface area contributed by atoms with Gasteiger partial charge in [-0.3, -0.25) is 0 Å². The molecule has 1 atom stereocenters. The molecule has 90 valence electrons. The summed E-state index contributed by atoms with van der Waals surface area (Å²) in [5.74, 6) is 0.916. The highest BCUT2D eigenvalue weighted by atomic mass is 16.5. The average molecular weight is 221 g/mol. The molecule has 1 spiro atoms. The third-order valence-electron chi connectivity index (χ3n) is 3.66. The summed E-state index contributed by atoms with van der Waals surface area (Å²) in [6.45, 7) is 10.4. The second-order valence-corrected chi connectivity index (χ2v) is 6.09. The van der Waals surface area contributed by atoms with Gasteiger partial charge in [0.1, 0.15) is 11.6 Å². The van der Waals surface area contributed by atoms with E-state index in [1.54, 1.807) is 0 Å². The zero-order valence-electron chi connectivity index (χ0n) is 10.8. The molecule has 2 aliphatic rings. The summed E-state index contributed by atoms with van der Waals surface area (Å²) in [6.07, 6.45) is 8.08. The molecule has 1 aliphatic carbocycles. The molecular formula is C14H23NO. The molecule has 0 aromatic rings. The first-order valence-electron chi connectivity index (χ1n) is 6.38. The highest BCUT2D eigenvalue weighted by Crippen LogP contribution is 2.42. The summed E-state index contributed by atoms with van der Waals surface area (Å²) in [5.41, 5.74) is -0.0369. The molecular weight excluding hydrogens is 198 g/mol. The van der Waals surface area contributed by atoms with Crippen LogP contribution in [0.3, 0.4) is 0 Å². The molecule has 1 saturated carbocycles. The molecule has 2 nitrogen and oxygen atoms in total. The minimum absolute atomic E-state index is 0.0161. The standard InChI is InChI=1S/C14H23NO/c1-5-11-14(9-7-6-8-10-14)16-12(15-11)13(2,3)4/h5,11H,1,6-10H2,2-4H3. The third-order valence-corrected chi connectivity index (χ3v) is 3.66. The Kier molecular flexibility index (Phi) is 2.85. The fourth-order valence-electron chi connectivity index (χ4n) is 2.69. The predicted octanol–water partition coefficient (Wildman–Crippen LogP) is 3.72. The third kappa shape index (κ3) is 1.90. The van der Waals surface area contributed by atoms with Crippen molar-refractivity contribution in [2.24, 2.45) is 10.4 Å². The molecule has 0 saturated heterocycles. The summed E-state index contributed by atoms with van der Waals surface area (Å²) in [5, 5.41) is 0. The first-order valence-corrected chi connectivity index (χ1v) is 6.38. The maximum atomic E-state index is 6.24. The Morgan fingerprint density at radius 3 is 2.44 bits per heavy atom. The second kappa shape index (κ2) is 3.90. The molecule has 16 heavy (non-hydrogen) atoms. The number of rotatable bonds is 1. The Hall–Kier alpha value is -0.790. The quantitative estimate of drug-likeness (QED) is 0.618. The van der Waals surface area contributed by atoms with Crippen molar-refractivity contribution in [3.05, 3.63) is 12.7 Å². The van der Waals surface area contributed by atoms with Gasteiger partial charge < -0.3 is 4.74 Å². The van der Waals surface area contributed by atoms with Crippen molar-refractivity contribution in [2.45, 2.75) is 64.5 Å². The van der Waals surface area contributed by atoms with E-state index in [1.165, 1.54) is 19.3 Å². The zero-order valence-corrected chi connectivity index (χ0v) is 10.8. The van der Waals surface area contributed by atoms with Gasteiger partial charge >= 0.3 is 0 Å². The van der Waals surface area contributed by atoms with Crippen molar-refractivity contribution in [1.29, 1.82) is 0 Å². The lowest BCUT2D eigenvalue weighted by atomic mass is 9.80. The fourth-order valence-corrected chi connectivity index (χ4v) is 2.69. The topological polar surface area (TPSA) is 21.6 Å². The van der Waals surface area contributed by atoms with Gasteiger partial charge in [0.25, 0.3) is 0 Å². The molecule has 0 aromatic carbocycles. The molecule has 0 bridgehead atoms. The number of nitrogens with zero attached hydrogens (tertiary/aromatic N) is 1. The van der Waals surface area contributed by atoms with E-state index in [0.29, 0.717) is 0 Å². The summed E-state index contributed by atoms with van der Waals surface area (Å²) in [6, 6.07) is 0.169. The number of ether oxygens (including phenoxy) is 1. The van der Waals surface area contributed by atoms with Crippen LogP contribution in [0.15, 0.2) is 17.6 Å². The van der Waals surface area contributed by atoms with Gasteiger partial charge in [0, 0.05) is 5.41 Å². The Morgan fingerprint density at radius 1 is 1.31 bits per heavy atom. The smallest absolute Gasteiger partial charge is 0.190 e. The lowest BCUT2D eigenvalue weighted by Gasteiger charge is -2.36. The van der Waals surface area contributed by atoms with Gasteiger partial charge in [-0.2, -0.15) is 0 Å². The molecule has 2 heteroatoms. The predicted molar refractivity (Wildman–Crippen MR) is 67.8 cm³/mol. The molecule has 0 N–H and O–H groups in total. The largest absolute Gasteiger partial charge is 0.471 e.